The van der Waals surface area contributed by atoms with Crippen LogP contribution in [0.3, 0.4) is 0 Å². The van der Waals surface area contributed by atoms with Crippen LogP contribution >= 0.6 is 0 Å². The summed E-state index contributed by atoms with van der Waals surface area (Å²) < 4.78 is 12.0. The van der Waals surface area contributed by atoms with E-state index in [0.29, 0.717) is 34.6 Å². The molecule has 1 aliphatic rings. The molecule has 0 aliphatic heterocycles. The van der Waals surface area contributed by atoms with Crippen LogP contribution in [0.5, 0.6) is 23.3 Å². The van der Waals surface area contributed by atoms with E-state index in [0.717, 1.165) is 11.1 Å². The van der Waals surface area contributed by atoms with E-state index >= 15 is 0 Å². The summed E-state index contributed by atoms with van der Waals surface area (Å²) in [6.45, 7) is 0. The molecule has 0 spiro atoms. The Labute approximate surface area is 237 Å². The van der Waals surface area contributed by atoms with Crippen LogP contribution in [0.4, 0.5) is 11.4 Å². The average Bonchev–Trinajstić information content (AvgIpc) is 3.32. The minimum atomic E-state index is -0.539. The number of aromatic nitrogens is 2. The third-order valence-corrected chi connectivity index (χ3v) is 7.49. The number of nitrogen functional groups attached to an aromatic ring is 2. The molecule has 6 aromatic rings. The van der Waals surface area contributed by atoms with Gasteiger partial charge in [0.05, 0.1) is 29.2 Å². The van der Waals surface area contributed by atoms with Crippen molar-refractivity contribution in [2.75, 3.05) is 11.5 Å². The van der Waals surface area contributed by atoms with Crippen molar-refractivity contribution in [2.45, 2.75) is 5.41 Å². The zero-order chi connectivity index (χ0) is 27.8. The molecule has 0 atom stereocenters. The summed E-state index contributed by atoms with van der Waals surface area (Å²) in [5.41, 5.74) is 19.4. The molecule has 2 heterocycles. The fourth-order valence-corrected chi connectivity index (χ4v) is 5.72. The molecule has 0 saturated carbocycles. The molecule has 41 heavy (non-hydrogen) atoms. The third-order valence-electron chi connectivity index (χ3n) is 7.49. The van der Waals surface area contributed by atoms with Crippen molar-refractivity contribution < 1.29 is 9.47 Å². The van der Waals surface area contributed by atoms with Gasteiger partial charge in [-0.15, -0.1) is 0 Å². The molecular formula is C35H26N4O2. The topological polar surface area (TPSA) is 96.3 Å². The second-order valence-corrected chi connectivity index (χ2v) is 9.95. The minimum Gasteiger partial charge on any atom is -0.439 e. The van der Waals surface area contributed by atoms with Crippen LogP contribution < -0.4 is 20.9 Å². The van der Waals surface area contributed by atoms with Gasteiger partial charge in [0.1, 0.15) is 11.5 Å². The van der Waals surface area contributed by atoms with E-state index in [1.54, 1.807) is 36.7 Å². The largest absolute Gasteiger partial charge is 0.439 e. The molecule has 4 aromatic carbocycles. The maximum Gasteiger partial charge on any atom is 0.219 e. The first-order valence-electron chi connectivity index (χ1n) is 13.3. The average molecular weight is 535 g/mol. The molecule has 0 amide bonds. The first-order chi connectivity index (χ1) is 20.1. The highest BCUT2D eigenvalue weighted by Gasteiger charge is 2.45. The highest BCUT2D eigenvalue weighted by atomic mass is 16.5. The predicted molar refractivity (Wildman–Crippen MR) is 161 cm³/mol. The van der Waals surface area contributed by atoms with Gasteiger partial charge in [0.2, 0.25) is 11.8 Å². The number of hydrogen-bond acceptors (Lipinski definition) is 6. The van der Waals surface area contributed by atoms with Crippen LogP contribution in [-0.4, -0.2) is 9.97 Å². The highest BCUT2D eigenvalue weighted by Crippen LogP contribution is 2.56. The smallest absolute Gasteiger partial charge is 0.219 e. The summed E-state index contributed by atoms with van der Waals surface area (Å²) in [6.07, 6.45) is 3.17. The molecule has 0 saturated heterocycles. The Morgan fingerprint density at radius 2 is 0.878 bits per heavy atom. The number of nitrogens with two attached hydrogens (primary N) is 2. The lowest BCUT2D eigenvalue weighted by atomic mass is 9.68. The monoisotopic (exact) mass is 534 g/mol. The normalized spacial score (nSPS) is 12.8. The molecule has 1 aliphatic carbocycles. The van der Waals surface area contributed by atoms with E-state index in [4.69, 9.17) is 20.9 Å². The van der Waals surface area contributed by atoms with E-state index in [9.17, 15) is 0 Å². The van der Waals surface area contributed by atoms with Crippen molar-refractivity contribution in [3.05, 3.63) is 156 Å². The van der Waals surface area contributed by atoms with Crippen molar-refractivity contribution in [1.82, 2.24) is 9.97 Å². The summed E-state index contributed by atoms with van der Waals surface area (Å²) in [6, 6.07) is 40.8. The zero-order valence-electron chi connectivity index (χ0n) is 22.1. The number of rotatable bonds is 6. The van der Waals surface area contributed by atoms with Crippen molar-refractivity contribution in [3.63, 3.8) is 0 Å². The molecule has 198 valence electrons. The lowest BCUT2D eigenvalue weighted by Crippen LogP contribution is -2.28. The number of nitrogens with zero attached hydrogens (tertiary/aromatic N) is 2. The van der Waals surface area contributed by atoms with Crippen LogP contribution in [0.2, 0.25) is 0 Å². The first kappa shape index (κ1) is 24.4. The van der Waals surface area contributed by atoms with E-state index in [1.807, 2.05) is 24.3 Å². The van der Waals surface area contributed by atoms with Crippen LogP contribution in [0.1, 0.15) is 22.3 Å². The van der Waals surface area contributed by atoms with Crippen LogP contribution in [0.25, 0.3) is 11.1 Å². The standard InChI is InChI=1S/C35H26N4O2/c36-25-13-19-33(38-21-25)40-27-15-9-23(10-16-27)35(31-7-3-1-5-29(31)30-6-2-4-8-32(30)35)24-11-17-28(18-12-24)41-34-20-14-26(37)22-39-34/h1-22H,36-37H2. The molecule has 0 bridgehead atoms. The molecule has 2 aromatic heterocycles. The van der Waals surface area contributed by atoms with Gasteiger partial charge in [0, 0.05) is 12.1 Å². The van der Waals surface area contributed by atoms with Crippen molar-refractivity contribution in [2.24, 2.45) is 0 Å². The van der Waals surface area contributed by atoms with Crippen LogP contribution in [0, 0.1) is 0 Å². The fourth-order valence-electron chi connectivity index (χ4n) is 5.72. The highest BCUT2D eigenvalue weighted by molar-refractivity contribution is 5.86. The molecule has 4 N–H and O–H groups in total. The van der Waals surface area contributed by atoms with E-state index in [1.165, 1.54) is 22.3 Å². The first-order valence-corrected chi connectivity index (χ1v) is 13.3. The fraction of sp³-hybridized carbons (Fsp3) is 0.0286. The summed E-state index contributed by atoms with van der Waals surface area (Å²) >= 11 is 0. The van der Waals surface area contributed by atoms with Gasteiger partial charge in [0.15, 0.2) is 0 Å². The van der Waals surface area contributed by atoms with Gasteiger partial charge in [-0.05, 0) is 69.8 Å². The van der Waals surface area contributed by atoms with E-state index in [2.05, 4.69) is 82.8 Å². The van der Waals surface area contributed by atoms with Crippen molar-refractivity contribution in [3.8, 4) is 34.4 Å². The lowest BCUT2D eigenvalue weighted by molar-refractivity contribution is 0.462. The molecule has 0 fully saturated rings. The van der Waals surface area contributed by atoms with Gasteiger partial charge in [-0.1, -0.05) is 72.8 Å². The van der Waals surface area contributed by atoms with Crippen molar-refractivity contribution in [1.29, 1.82) is 0 Å². The summed E-state index contributed by atoms with van der Waals surface area (Å²) in [5, 5.41) is 0. The van der Waals surface area contributed by atoms with Gasteiger partial charge >= 0.3 is 0 Å². The van der Waals surface area contributed by atoms with Crippen LogP contribution in [0.15, 0.2) is 134 Å². The Morgan fingerprint density at radius 3 is 1.27 bits per heavy atom. The Hall–Kier alpha value is -5.62. The zero-order valence-corrected chi connectivity index (χ0v) is 22.1. The van der Waals surface area contributed by atoms with E-state index < -0.39 is 5.41 Å². The number of ether oxygens (including phenoxy) is 2. The number of benzene rings is 4. The molecule has 6 nitrogen and oxygen atoms in total. The summed E-state index contributed by atoms with van der Waals surface area (Å²) in [7, 11) is 0. The Bertz CT molecular complexity index is 1690. The molecule has 0 radical (unpaired) electrons. The maximum absolute atomic E-state index is 6.01. The lowest BCUT2D eigenvalue weighted by Gasteiger charge is -2.34. The van der Waals surface area contributed by atoms with Gasteiger partial charge in [-0.2, -0.15) is 0 Å². The molecule has 0 unspecified atom stereocenters. The van der Waals surface area contributed by atoms with Crippen molar-refractivity contribution >= 4 is 11.4 Å². The van der Waals surface area contributed by atoms with E-state index in [-0.39, 0.29) is 0 Å². The number of hydrogen-bond donors (Lipinski definition) is 2. The molecule has 7 rings (SSSR count). The molecule has 6 heteroatoms. The SMILES string of the molecule is Nc1ccc(Oc2ccc(C3(c4ccc(Oc5ccc(N)cn5)cc4)c4ccccc4-c4ccccc43)cc2)nc1. The quantitative estimate of drug-likeness (QED) is 0.228. The van der Waals surface area contributed by atoms with Gasteiger partial charge in [-0.3, -0.25) is 0 Å². The number of anilines is 2. The van der Waals surface area contributed by atoms with Gasteiger partial charge in [-0.25, -0.2) is 9.97 Å². The second-order valence-electron chi connectivity index (χ2n) is 9.95. The summed E-state index contributed by atoms with van der Waals surface area (Å²) in [4.78, 5) is 8.53. The summed E-state index contributed by atoms with van der Waals surface area (Å²) in [5.74, 6) is 2.37. The second kappa shape index (κ2) is 9.84. The Kier molecular flexibility index (Phi) is 5.86. The van der Waals surface area contributed by atoms with Gasteiger partial charge < -0.3 is 20.9 Å². The minimum absolute atomic E-state index is 0.490. The third kappa shape index (κ3) is 4.22. The number of pyridine rings is 2. The predicted octanol–water partition coefficient (Wildman–Crippen LogP) is 7.59. The van der Waals surface area contributed by atoms with Gasteiger partial charge in [0.25, 0.3) is 0 Å². The molecular weight excluding hydrogens is 508 g/mol. The Morgan fingerprint density at radius 1 is 0.463 bits per heavy atom. The van der Waals surface area contributed by atoms with Crippen LogP contribution in [-0.2, 0) is 5.41 Å². The number of fused-ring (bicyclic) bond motifs is 3. The Balaban J connectivity index is 1.34. The maximum atomic E-state index is 6.01.